The minimum absolute atomic E-state index is 0.0410. The average molecular weight is 375 g/mol. The van der Waals surface area contributed by atoms with Crippen molar-refractivity contribution in [2.45, 2.75) is 19.3 Å². The first-order valence-electron chi connectivity index (χ1n) is 9.39. The number of carbonyl (C=O) groups excluding carboxylic acids is 1. The Bertz CT molecular complexity index is 940. The largest absolute Gasteiger partial charge is 0.339 e. The van der Waals surface area contributed by atoms with E-state index < -0.39 is 0 Å². The summed E-state index contributed by atoms with van der Waals surface area (Å²) in [4.78, 5) is 27.1. The molecule has 0 radical (unpaired) electrons. The number of hydrogen-bond acceptors (Lipinski definition) is 6. The number of carbonyl (C=O) groups is 1. The van der Waals surface area contributed by atoms with Gasteiger partial charge in [-0.3, -0.25) is 9.78 Å². The van der Waals surface area contributed by atoms with E-state index in [-0.39, 0.29) is 5.91 Å². The van der Waals surface area contributed by atoms with Crippen molar-refractivity contribution in [2.24, 2.45) is 5.92 Å². The Morgan fingerprint density at radius 1 is 1.25 bits per heavy atom. The SMILES string of the molecule is O=C(/C=C\c1ccccc1)N1CCC[C@H](Cc2nc(-c3cnccn3)no2)C1. The molecule has 1 aliphatic heterocycles. The number of likely N-dealkylation sites (tertiary alicyclic amines) is 1. The summed E-state index contributed by atoms with van der Waals surface area (Å²) in [6.45, 7) is 1.48. The van der Waals surface area contributed by atoms with Crippen molar-refractivity contribution in [3.05, 3.63) is 66.5 Å². The van der Waals surface area contributed by atoms with Gasteiger partial charge in [0.15, 0.2) is 0 Å². The van der Waals surface area contributed by atoms with Crippen molar-refractivity contribution >= 4 is 12.0 Å². The van der Waals surface area contributed by atoms with Gasteiger partial charge in [0.1, 0.15) is 5.69 Å². The summed E-state index contributed by atoms with van der Waals surface area (Å²) < 4.78 is 5.38. The number of aromatic nitrogens is 4. The molecule has 1 aliphatic rings. The Hall–Kier alpha value is -3.35. The predicted octanol–water partition coefficient (Wildman–Crippen LogP) is 3.02. The molecule has 0 bridgehead atoms. The summed E-state index contributed by atoms with van der Waals surface area (Å²) in [6, 6.07) is 9.84. The monoisotopic (exact) mass is 375 g/mol. The first kappa shape index (κ1) is 18.0. The summed E-state index contributed by atoms with van der Waals surface area (Å²) >= 11 is 0. The van der Waals surface area contributed by atoms with Crippen LogP contribution in [0.2, 0.25) is 0 Å². The quantitative estimate of drug-likeness (QED) is 0.637. The van der Waals surface area contributed by atoms with Crippen LogP contribution in [-0.2, 0) is 11.2 Å². The van der Waals surface area contributed by atoms with Gasteiger partial charge in [-0.25, -0.2) is 4.98 Å². The topological polar surface area (TPSA) is 85.0 Å². The summed E-state index contributed by atoms with van der Waals surface area (Å²) in [6.07, 6.45) is 11.0. The highest BCUT2D eigenvalue weighted by molar-refractivity contribution is 5.91. The Morgan fingerprint density at radius 3 is 2.96 bits per heavy atom. The van der Waals surface area contributed by atoms with E-state index in [4.69, 9.17) is 4.52 Å². The lowest BCUT2D eigenvalue weighted by molar-refractivity contribution is -0.127. The zero-order valence-electron chi connectivity index (χ0n) is 15.4. The van der Waals surface area contributed by atoms with E-state index in [2.05, 4.69) is 20.1 Å². The Labute approximate surface area is 163 Å². The Kier molecular flexibility index (Phi) is 5.51. The highest BCUT2D eigenvalue weighted by Crippen LogP contribution is 2.22. The highest BCUT2D eigenvalue weighted by atomic mass is 16.5. The maximum Gasteiger partial charge on any atom is 0.246 e. The molecule has 142 valence electrons. The van der Waals surface area contributed by atoms with Gasteiger partial charge in [0, 0.05) is 38.0 Å². The summed E-state index contributed by atoms with van der Waals surface area (Å²) in [5.74, 6) is 1.36. The molecular formula is C21H21N5O2. The molecule has 1 fully saturated rings. The van der Waals surface area contributed by atoms with Gasteiger partial charge in [0.05, 0.1) is 6.20 Å². The first-order chi connectivity index (χ1) is 13.8. The molecule has 0 unspecified atom stereocenters. The molecule has 0 N–H and O–H groups in total. The average Bonchev–Trinajstić information content (AvgIpc) is 3.22. The third kappa shape index (κ3) is 4.49. The standard InChI is InChI=1S/C21H21N5O2/c27-20(9-8-16-5-2-1-3-6-16)26-12-4-7-17(15-26)13-19-24-21(25-28-19)18-14-22-10-11-23-18/h1-3,5-6,8-11,14,17H,4,7,12-13,15H2/b9-8-/t17-/m1/s1. The van der Waals surface area contributed by atoms with Crippen molar-refractivity contribution in [1.82, 2.24) is 25.0 Å². The van der Waals surface area contributed by atoms with Crippen LogP contribution in [0.15, 0.2) is 59.5 Å². The molecule has 7 nitrogen and oxygen atoms in total. The number of nitrogens with zero attached hydrogens (tertiary/aromatic N) is 5. The van der Waals surface area contributed by atoms with Gasteiger partial charge < -0.3 is 9.42 Å². The van der Waals surface area contributed by atoms with Crippen LogP contribution >= 0.6 is 0 Å². The fourth-order valence-corrected chi connectivity index (χ4v) is 3.37. The molecule has 0 aliphatic carbocycles. The molecular weight excluding hydrogens is 354 g/mol. The van der Waals surface area contributed by atoms with Crippen LogP contribution < -0.4 is 0 Å². The van der Waals surface area contributed by atoms with Crippen molar-refractivity contribution < 1.29 is 9.32 Å². The van der Waals surface area contributed by atoms with E-state index in [9.17, 15) is 4.79 Å². The third-order valence-corrected chi connectivity index (χ3v) is 4.77. The summed E-state index contributed by atoms with van der Waals surface area (Å²) in [7, 11) is 0. The van der Waals surface area contributed by atoms with Crippen LogP contribution in [0.25, 0.3) is 17.6 Å². The molecule has 3 heterocycles. The number of amides is 1. The van der Waals surface area contributed by atoms with Crippen molar-refractivity contribution in [3.8, 4) is 11.5 Å². The van der Waals surface area contributed by atoms with Crippen LogP contribution in [-0.4, -0.2) is 44.0 Å². The molecule has 28 heavy (non-hydrogen) atoms. The van der Waals surface area contributed by atoms with Gasteiger partial charge in [-0.2, -0.15) is 4.98 Å². The van der Waals surface area contributed by atoms with E-state index in [1.165, 1.54) is 0 Å². The fourth-order valence-electron chi connectivity index (χ4n) is 3.37. The van der Waals surface area contributed by atoms with E-state index >= 15 is 0 Å². The van der Waals surface area contributed by atoms with Crippen LogP contribution in [0.3, 0.4) is 0 Å². The molecule has 0 saturated carbocycles. The molecule has 1 atom stereocenters. The number of hydrogen-bond donors (Lipinski definition) is 0. The van der Waals surface area contributed by atoms with E-state index in [0.29, 0.717) is 36.3 Å². The van der Waals surface area contributed by atoms with Crippen LogP contribution in [0, 0.1) is 5.92 Å². The van der Waals surface area contributed by atoms with Crippen LogP contribution in [0.4, 0.5) is 0 Å². The fraction of sp³-hybridized carbons (Fsp3) is 0.286. The lowest BCUT2D eigenvalue weighted by Gasteiger charge is -2.31. The number of rotatable bonds is 5. The smallest absolute Gasteiger partial charge is 0.246 e. The zero-order chi connectivity index (χ0) is 19.2. The van der Waals surface area contributed by atoms with Gasteiger partial charge >= 0.3 is 0 Å². The second-order valence-corrected chi connectivity index (χ2v) is 6.84. The lowest BCUT2D eigenvalue weighted by Crippen LogP contribution is -2.39. The normalized spacial score (nSPS) is 17.1. The molecule has 7 heteroatoms. The lowest BCUT2D eigenvalue weighted by atomic mass is 9.94. The number of benzene rings is 1. The molecule has 4 rings (SSSR count). The minimum atomic E-state index is 0.0410. The van der Waals surface area contributed by atoms with E-state index in [1.807, 2.05) is 41.3 Å². The van der Waals surface area contributed by atoms with Gasteiger partial charge in [-0.15, -0.1) is 0 Å². The summed E-state index contributed by atoms with van der Waals surface area (Å²) in [5.41, 5.74) is 1.61. The maximum absolute atomic E-state index is 12.5. The van der Waals surface area contributed by atoms with E-state index in [0.717, 1.165) is 24.9 Å². The molecule has 1 aromatic carbocycles. The van der Waals surface area contributed by atoms with E-state index in [1.54, 1.807) is 24.7 Å². The molecule has 0 spiro atoms. The minimum Gasteiger partial charge on any atom is -0.339 e. The Morgan fingerprint density at radius 2 is 2.14 bits per heavy atom. The second-order valence-electron chi connectivity index (χ2n) is 6.84. The van der Waals surface area contributed by atoms with Crippen molar-refractivity contribution in [2.75, 3.05) is 13.1 Å². The van der Waals surface area contributed by atoms with Gasteiger partial charge in [-0.05, 0) is 30.4 Å². The number of piperidine rings is 1. The van der Waals surface area contributed by atoms with Crippen LogP contribution in [0.5, 0.6) is 0 Å². The molecule has 1 amide bonds. The molecule has 2 aromatic heterocycles. The third-order valence-electron chi connectivity index (χ3n) is 4.77. The predicted molar refractivity (Wildman–Crippen MR) is 104 cm³/mol. The Balaban J connectivity index is 1.36. The van der Waals surface area contributed by atoms with Crippen LogP contribution in [0.1, 0.15) is 24.3 Å². The summed E-state index contributed by atoms with van der Waals surface area (Å²) in [5, 5.41) is 3.99. The van der Waals surface area contributed by atoms with Crippen molar-refractivity contribution in [1.29, 1.82) is 0 Å². The first-order valence-corrected chi connectivity index (χ1v) is 9.39. The molecule has 3 aromatic rings. The second kappa shape index (κ2) is 8.56. The maximum atomic E-state index is 12.5. The van der Waals surface area contributed by atoms with Gasteiger partial charge in [0.2, 0.25) is 17.6 Å². The van der Waals surface area contributed by atoms with Gasteiger partial charge in [-0.1, -0.05) is 35.5 Å². The zero-order valence-corrected chi connectivity index (χ0v) is 15.4. The highest BCUT2D eigenvalue weighted by Gasteiger charge is 2.24. The molecule has 1 saturated heterocycles. The van der Waals surface area contributed by atoms with Crippen molar-refractivity contribution in [3.63, 3.8) is 0 Å². The van der Waals surface area contributed by atoms with Gasteiger partial charge in [0.25, 0.3) is 0 Å².